The van der Waals surface area contributed by atoms with Gasteiger partial charge in [-0.15, -0.1) is 0 Å². The number of nitriles is 1. The van der Waals surface area contributed by atoms with Gasteiger partial charge < -0.3 is 10.1 Å². The van der Waals surface area contributed by atoms with E-state index in [4.69, 9.17) is 10.00 Å². The molecule has 0 saturated heterocycles. The van der Waals surface area contributed by atoms with Crippen LogP contribution >= 0.6 is 0 Å². The third-order valence-corrected chi connectivity index (χ3v) is 3.26. The number of nitrogens with zero attached hydrogens (tertiary/aromatic N) is 1. The Labute approximate surface area is 117 Å². The fourth-order valence-electron chi connectivity index (χ4n) is 2.04. The minimum atomic E-state index is -0.297. The van der Waals surface area contributed by atoms with E-state index in [0.29, 0.717) is 6.61 Å². The summed E-state index contributed by atoms with van der Waals surface area (Å²) in [5, 5.41) is 11.9. The number of carbonyl (C=O) groups is 1. The number of rotatable bonds is 3. The van der Waals surface area contributed by atoms with Crippen LogP contribution in [0.5, 0.6) is 5.75 Å². The minimum Gasteiger partial charge on any atom is -0.488 e. The Morgan fingerprint density at radius 3 is 2.95 bits per heavy atom. The molecule has 2 aliphatic rings. The Bertz CT molecular complexity index is 649. The standard InChI is InChI=1S/C16H14N2O2/c17-9-13(16(19)18-14-5-6-14)8-11-7-12-3-1-2-4-15(12)20-10-11/h1-4,7-8,14H,5-6,10H2,(H,18,19)/b13-8+. The molecule has 1 aliphatic carbocycles. The third kappa shape index (κ3) is 2.72. The first-order valence-corrected chi connectivity index (χ1v) is 6.61. The van der Waals surface area contributed by atoms with Crippen molar-refractivity contribution in [1.82, 2.24) is 5.32 Å². The van der Waals surface area contributed by atoms with E-state index in [1.807, 2.05) is 36.4 Å². The van der Waals surface area contributed by atoms with Crippen molar-refractivity contribution in [2.24, 2.45) is 0 Å². The summed E-state index contributed by atoms with van der Waals surface area (Å²) >= 11 is 0. The van der Waals surface area contributed by atoms with Crippen LogP contribution in [0.25, 0.3) is 6.08 Å². The molecule has 0 radical (unpaired) electrons. The SMILES string of the molecule is N#C/C(=C\C1=Cc2ccccc2OC1)C(=O)NC1CC1. The van der Waals surface area contributed by atoms with Crippen LogP contribution in [0, 0.1) is 11.3 Å². The molecule has 1 aliphatic heterocycles. The molecule has 0 atom stereocenters. The molecule has 1 saturated carbocycles. The van der Waals surface area contributed by atoms with E-state index in [1.165, 1.54) is 0 Å². The Morgan fingerprint density at radius 1 is 1.40 bits per heavy atom. The number of fused-ring (bicyclic) bond motifs is 1. The maximum atomic E-state index is 11.9. The van der Waals surface area contributed by atoms with Crippen LogP contribution in [-0.2, 0) is 4.79 Å². The largest absolute Gasteiger partial charge is 0.488 e. The zero-order valence-electron chi connectivity index (χ0n) is 10.9. The van der Waals surface area contributed by atoms with Crippen LogP contribution in [0.15, 0.2) is 41.5 Å². The molecule has 100 valence electrons. The van der Waals surface area contributed by atoms with E-state index < -0.39 is 0 Å². The Kier molecular flexibility index (Phi) is 3.26. The summed E-state index contributed by atoms with van der Waals surface area (Å²) in [4.78, 5) is 11.9. The summed E-state index contributed by atoms with van der Waals surface area (Å²) in [6.07, 6.45) is 5.56. The maximum absolute atomic E-state index is 11.9. The lowest BCUT2D eigenvalue weighted by atomic mass is 10.1. The lowest BCUT2D eigenvalue weighted by Gasteiger charge is -2.16. The second kappa shape index (κ2) is 5.22. The molecular weight excluding hydrogens is 252 g/mol. The fourth-order valence-corrected chi connectivity index (χ4v) is 2.04. The van der Waals surface area contributed by atoms with Gasteiger partial charge in [-0.3, -0.25) is 4.79 Å². The van der Waals surface area contributed by atoms with Crippen LogP contribution in [-0.4, -0.2) is 18.6 Å². The molecule has 1 aromatic rings. The van der Waals surface area contributed by atoms with E-state index >= 15 is 0 Å². The second-order valence-electron chi connectivity index (χ2n) is 4.96. The van der Waals surface area contributed by atoms with Gasteiger partial charge in [0.1, 0.15) is 24.0 Å². The topological polar surface area (TPSA) is 62.1 Å². The Balaban J connectivity index is 1.82. The molecular formula is C16H14N2O2. The monoisotopic (exact) mass is 266 g/mol. The Morgan fingerprint density at radius 2 is 2.20 bits per heavy atom. The van der Waals surface area contributed by atoms with Crippen molar-refractivity contribution >= 4 is 12.0 Å². The molecule has 3 rings (SSSR count). The van der Waals surface area contributed by atoms with Gasteiger partial charge in [-0.1, -0.05) is 18.2 Å². The highest BCUT2D eigenvalue weighted by atomic mass is 16.5. The van der Waals surface area contributed by atoms with Gasteiger partial charge in [-0.25, -0.2) is 0 Å². The highest BCUT2D eigenvalue weighted by Crippen LogP contribution is 2.26. The number of para-hydroxylation sites is 1. The predicted molar refractivity (Wildman–Crippen MR) is 74.8 cm³/mol. The molecule has 4 heteroatoms. The van der Waals surface area contributed by atoms with Crippen molar-refractivity contribution < 1.29 is 9.53 Å². The normalized spacial score (nSPS) is 17.4. The zero-order chi connectivity index (χ0) is 13.9. The minimum absolute atomic E-state index is 0.131. The highest BCUT2D eigenvalue weighted by molar-refractivity contribution is 5.98. The molecule has 1 amide bonds. The summed E-state index contributed by atoms with van der Waals surface area (Å²) in [5.74, 6) is 0.528. The third-order valence-electron chi connectivity index (χ3n) is 3.26. The van der Waals surface area contributed by atoms with E-state index in [9.17, 15) is 4.79 Å². The van der Waals surface area contributed by atoms with E-state index in [-0.39, 0.29) is 17.5 Å². The van der Waals surface area contributed by atoms with Gasteiger partial charge in [-0.05, 0) is 36.6 Å². The molecule has 4 nitrogen and oxygen atoms in total. The lowest BCUT2D eigenvalue weighted by Crippen LogP contribution is -2.26. The van der Waals surface area contributed by atoms with Crippen LogP contribution in [0.4, 0.5) is 0 Å². The zero-order valence-corrected chi connectivity index (χ0v) is 10.9. The molecule has 1 N–H and O–H groups in total. The average molecular weight is 266 g/mol. The predicted octanol–water partition coefficient (Wildman–Crippen LogP) is 2.19. The molecule has 20 heavy (non-hydrogen) atoms. The number of benzene rings is 1. The first-order valence-electron chi connectivity index (χ1n) is 6.61. The van der Waals surface area contributed by atoms with Gasteiger partial charge in [0.2, 0.25) is 0 Å². The van der Waals surface area contributed by atoms with Crippen molar-refractivity contribution in [3.63, 3.8) is 0 Å². The van der Waals surface area contributed by atoms with Crippen molar-refractivity contribution in [3.05, 3.63) is 47.1 Å². The second-order valence-corrected chi connectivity index (χ2v) is 4.96. The van der Waals surface area contributed by atoms with Crippen molar-refractivity contribution in [2.45, 2.75) is 18.9 Å². The number of hydrogen-bond acceptors (Lipinski definition) is 3. The summed E-state index contributed by atoms with van der Waals surface area (Å²) in [7, 11) is 0. The summed E-state index contributed by atoms with van der Waals surface area (Å²) in [5.41, 5.74) is 1.92. The smallest absolute Gasteiger partial charge is 0.262 e. The highest BCUT2D eigenvalue weighted by Gasteiger charge is 2.25. The van der Waals surface area contributed by atoms with Crippen molar-refractivity contribution in [2.75, 3.05) is 6.61 Å². The molecule has 1 aromatic carbocycles. The number of amides is 1. The number of nitrogens with one attached hydrogen (secondary N) is 1. The van der Waals surface area contributed by atoms with Gasteiger partial charge in [0.15, 0.2) is 0 Å². The van der Waals surface area contributed by atoms with Crippen LogP contribution < -0.4 is 10.1 Å². The average Bonchev–Trinajstić information content (AvgIpc) is 3.28. The summed E-state index contributed by atoms with van der Waals surface area (Å²) in [6, 6.07) is 9.89. The van der Waals surface area contributed by atoms with Gasteiger partial charge >= 0.3 is 0 Å². The van der Waals surface area contributed by atoms with Crippen molar-refractivity contribution in [3.8, 4) is 11.8 Å². The van der Waals surface area contributed by atoms with Crippen molar-refractivity contribution in [1.29, 1.82) is 5.26 Å². The molecule has 0 aromatic heterocycles. The van der Waals surface area contributed by atoms with E-state index in [2.05, 4.69) is 5.32 Å². The van der Waals surface area contributed by atoms with Crippen LogP contribution in [0.2, 0.25) is 0 Å². The number of ether oxygens (including phenoxy) is 1. The quantitative estimate of drug-likeness (QED) is 0.674. The van der Waals surface area contributed by atoms with Crippen LogP contribution in [0.1, 0.15) is 18.4 Å². The van der Waals surface area contributed by atoms with Gasteiger partial charge in [0, 0.05) is 11.6 Å². The summed E-state index contributed by atoms with van der Waals surface area (Å²) in [6.45, 7) is 0.374. The molecule has 1 fully saturated rings. The summed E-state index contributed by atoms with van der Waals surface area (Å²) < 4.78 is 5.60. The Hall–Kier alpha value is -2.54. The molecule has 1 heterocycles. The molecule has 0 bridgehead atoms. The van der Waals surface area contributed by atoms with Gasteiger partial charge in [0.05, 0.1) is 0 Å². The van der Waals surface area contributed by atoms with E-state index in [0.717, 1.165) is 29.7 Å². The number of hydrogen-bond donors (Lipinski definition) is 1. The van der Waals surface area contributed by atoms with Gasteiger partial charge in [-0.2, -0.15) is 5.26 Å². The molecule has 0 unspecified atom stereocenters. The first-order chi connectivity index (χ1) is 9.76. The van der Waals surface area contributed by atoms with E-state index in [1.54, 1.807) is 6.08 Å². The lowest BCUT2D eigenvalue weighted by molar-refractivity contribution is -0.117. The van der Waals surface area contributed by atoms with Crippen LogP contribution in [0.3, 0.4) is 0 Å². The number of carbonyl (C=O) groups excluding carboxylic acids is 1. The maximum Gasteiger partial charge on any atom is 0.262 e. The van der Waals surface area contributed by atoms with Gasteiger partial charge in [0.25, 0.3) is 5.91 Å². The fraction of sp³-hybridized carbons (Fsp3) is 0.250. The first kappa shape index (κ1) is 12.5. The molecule has 0 spiro atoms.